The molecular formula is C19H17NO3S2. The molecule has 4 nitrogen and oxygen atoms in total. The highest BCUT2D eigenvalue weighted by Gasteiger charge is 2.22. The third-order valence-corrected chi connectivity index (χ3v) is 4.61. The maximum absolute atomic E-state index is 11.8. The second-order valence-electron chi connectivity index (χ2n) is 5.27. The smallest absolute Gasteiger partial charge is 0.263 e. The van der Waals surface area contributed by atoms with Gasteiger partial charge in [0, 0.05) is 0 Å². The van der Waals surface area contributed by atoms with Gasteiger partial charge in [-0.15, -0.1) is 0 Å². The molecule has 1 saturated heterocycles. The number of hydrogen-bond acceptors (Lipinski definition) is 5. The van der Waals surface area contributed by atoms with Crippen molar-refractivity contribution in [1.29, 1.82) is 0 Å². The Morgan fingerprint density at radius 1 is 1.12 bits per heavy atom. The number of benzene rings is 2. The zero-order chi connectivity index (χ0) is 17.6. The Labute approximate surface area is 156 Å². The maximum Gasteiger partial charge on any atom is 0.263 e. The summed E-state index contributed by atoms with van der Waals surface area (Å²) in [6.07, 6.45) is 1.79. The van der Waals surface area contributed by atoms with Crippen molar-refractivity contribution in [3.05, 3.63) is 64.6 Å². The predicted molar refractivity (Wildman–Crippen MR) is 105 cm³/mol. The zero-order valence-electron chi connectivity index (χ0n) is 13.7. The Kier molecular flexibility index (Phi) is 5.73. The lowest BCUT2D eigenvalue weighted by Gasteiger charge is -2.13. The first-order valence-corrected chi connectivity index (χ1v) is 9.06. The number of carbonyl (C=O) groups is 1. The average Bonchev–Trinajstić information content (AvgIpc) is 2.92. The van der Waals surface area contributed by atoms with Gasteiger partial charge in [-0.1, -0.05) is 60.4 Å². The Bertz CT molecular complexity index is 819. The quantitative estimate of drug-likeness (QED) is 0.610. The SMILES string of the molecule is CCOc1cc(C=C2SC(=S)NC2=O)ccc1OCc1ccccc1. The van der Waals surface area contributed by atoms with Gasteiger partial charge in [0.2, 0.25) is 0 Å². The molecule has 0 saturated carbocycles. The summed E-state index contributed by atoms with van der Waals surface area (Å²) >= 11 is 6.26. The van der Waals surface area contributed by atoms with E-state index < -0.39 is 0 Å². The molecule has 0 unspecified atom stereocenters. The van der Waals surface area contributed by atoms with Crippen molar-refractivity contribution < 1.29 is 14.3 Å². The number of thiocarbonyl (C=S) groups is 1. The molecule has 0 bridgehead atoms. The van der Waals surface area contributed by atoms with Gasteiger partial charge in [-0.2, -0.15) is 0 Å². The fourth-order valence-corrected chi connectivity index (χ4v) is 3.35. The van der Waals surface area contributed by atoms with Gasteiger partial charge in [0.15, 0.2) is 11.5 Å². The Hall–Kier alpha value is -2.31. The third-order valence-electron chi connectivity index (χ3n) is 3.44. The normalized spacial score (nSPS) is 15.3. The molecule has 6 heteroatoms. The van der Waals surface area contributed by atoms with Crippen LogP contribution in [0.1, 0.15) is 18.1 Å². The van der Waals surface area contributed by atoms with Crippen LogP contribution >= 0.6 is 24.0 Å². The molecule has 0 atom stereocenters. The highest BCUT2D eigenvalue weighted by Crippen LogP contribution is 2.32. The predicted octanol–water partition coefficient (Wildman–Crippen LogP) is 4.15. The van der Waals surface area contributed by atoms with Crippen molar-refractivity contribution >= 4 is 40.3 Å². The van der Waals surface area contributed by atoms with Gasteiger partial charge in [0.1, 0.15) is 10.9 Å². The minimum atomic E-state index is -0.169. The van der Waals surface area contributed by atoms with Crippen LogP contribution in [0.3, 0.4) is 0 Å². The van der Waals surface area contributed by atoms with Crippen molar-refractivity contribution in [2.75, 3.05) is 6.61 Å². The van der Waals surface area contributed by atoms with Crippen LogP contribution in [0.15, 0.2) is 53.4 Å². The first-order valence-electron chi connectivity index (χ1n) is 7.84. The van der Waals surface area contributed by atoms with E-state index in [9.17, 15) is 4.79 Å². The molecule has 1 N–H and O–H groups in total. The number of nitrogens with one attached hydrogen (secondary N) is 1. The van der Waals surface area contributed by atoms with Gasteiger partial charge in [0.25, 0.3) is 5.91 Å². The van der Waals surface area contributed by atoms with Gasteiger partial charge in [-0.05, 0) is 36.3 Å². The molecule has 2 aromatic rings. The van der Waals surface area contributed by atoms with E-state index in [1.807, 2.05) is 55.5 Å². The fourth-order valence-electron chi connectivity index (χ4n) is 2.31. The van der Waals surface area contributed by atoms with Crippen LogP contribution in [-0.2, 0) is 11.4 Å². The van der Waals surface area contributed by atoms with Crippen molar-refractivity contribution in [2.45, 2.75) is 13.5 Å². The molecule has 25 heavy (non-hydrogen) atoms. The third kappa shape index (κ3) is 4.61. The lowest BCUT2D eigenvalue weighted by Crippen LogP contribution is -2.17. The van der Waals surface area contributed by atoms with E-state index in [0.717, 1.165) is 11.1 Å². The summed E-state index contributed by atoms with van der Waals surface area (Å²) in [7, 11) is 0. The molecule has 1 amide bonds. The summed E-state index contributed by atoms with van der Waals surface area (Å²) in [6.45, 7) is 2.92. The summed E-state index contributed by atoms with van der Waals surface area (Å²) in [5.41, 5.74) is 1.95. The molecule has 0 aliphatic carbocycles. The van der Waals surface area contributed by atoms with E-state index in [0.29, 0.717) is 33.9 Å². The van der Waals surface area contributed by atoms with Crippen molar-refractivity contribution in [3.63, 3.8) is 0 Å². The number of rotatable bonds is 6. The summed E-state index contributed by atoms with van der Waals surface area (Å²) in [4.78, 5) is 12.4. The standard InChI is InChI=1S/C19H17NO3S2/c1-2-22-16-10-14(11-17-18(21)20-19(24)25-17)8-9-15(16)23-12-13-6-4-3-5-7-13/h3-11H,2,12H2,1H3,(H,20,21,24). The summed E-state index contributed by atoms with van der Waals surface area (Å²) in [5, 5.41) is 2.61. The average molecular weight is 371 g/mol. The van der Waals surface area contributed by atoms with Crippen LogP contribution in [0, 0.1) is 0 Å². The van der Waals surface area contributed by atoms with E-state index in [1.165, 1.54) is 11.8 Å². The van der Waals surface area contributed by atoms with Gasteiger partial charge >= 0.3 is 0 Å². The molecule has 1 heterocycles. The Balaban J connectivity index is 1.79. The van der Waals surface area contributed by atoms with Gasteiger partial charge in [-0.25, -0.2) is 0 Å². The lowest BCUT2D eigenvalue weighted by atomic mass is 10.2. The van der Waals surface area contributed by atoms with Crippen LogP contribution < -0.4 is 14.8 Å². The minimum absolute atomic E-state index is 0.169. The number of amides is 1. The molecule has 128 valence electrons. The topological polar surface area (TPSA) is 47.6 Å². The van der Waals surface area contributed by atoms with Gasteiger partial charge in [0.05, 0.1) is 11.5 Å². The molecule has 2 aromatic carbocycles. The molecular weight excluding hydrogens is 354 g/mol. The van der Waals surface area contributed by atoms with Crippen molar-refractivity contribution in [1.82, 2.24) is 5.32 Å². The molecule has 0 radical (unpaired) electrons. The summed E-state index contributed by atoms with van der Waals surface area (Å²) < 4.78 is 12.1. The molecule has 0 aromatic heterocycles. The number of carbonyl (C=O) groups excluding carboxylic acids is 1. The molecule has 3 rings (SSSR count). The second-order valence-corrected chi connectivity index (χ2v) is 6.98. The van der Waals surface area contributed by atoms with E-state index in [4.69, 9.17) is 21.7 Å². The maximum atomic E-state index is 11.8. The molecule has 1 aliphatic heterocycles. The van der Waals surface area contributed by atoms with Crippen molar-refractivity contribution in [3.8, 4) is 11.5 Å². The molecule has 1 aliphatic rings. The first-order chi connectivity index (χ1) is 12.2. The van der Waals surface area contributed by atoms with Crippen molar-refractivity contribution in [2.24, 2.45) is 0 Å². The monoisotopic (exact) mass is 371 g/mol. The Morgan fingerprint density at radius 3 is 2.60 bits per heavy atom. The minimum Gasteiger partial charge on any atom is -0.490 e. The molecule has 1 fully saturated rings. The lowest BCUT2D eigenvalue weighted by molar-refractivity contribution is -0.115. The fraction of sp³-hybridized carbons (Fsp3) is 0.158. The van der Waals surface area contributed by atoms with E-state index in [2.05, 4.69) is 5.32 Å². The Morgan fingerprint density at radius 2 is 1.92 bits per heavy atom. The van der Waals surface area contributed by atoms with Crippen LogP contribution in [0.4, 0.5) is 0 Å². The van der Waals surface area contributed by atoms with E-state index >= 15 is 0 Å². The van der Waals surface area contributed by atoms with Gasteiger partial charge < -0.3 is 14.8 Å². The second kappa shape index (κ2) is 8.18. The number of thioether (sulfide) groups is 1. The van der Waals surface area contributed by atoms with E-state index in [-0.39, 0.29) is 5.91 Å². The molecule has 0 spiro atoms. The van der Waals surface area contributed by atoms with E-state index in [1.54, 1.807) is 6.08 Å². The van der Waals surface area contributed by atoms with Crippen LogP contribution in [0.5, 0.6) is 11.5 Å². The summed E-state index contributed by atoms with van der Waals surface area (Å²) in [5.74, 6) is 1.16. The number of ether oxygens (including phenoxy) is 2. The zero-order valence-corrected chi connectivity index (χ0v) is 15.3. The first kappa shape index (κ1) is 17.5. The van der Waals surface area contributed by atoms with Crippen LogP contribution in [0.25, 0.3) is 6.08 Å². The van der Waals surface area contributed by atoms with Crippen LogP contribution in [-0.4, -0.2) is 16.8 Å². The van der Waals surface area contributed by atoms with Crippen LogP contribution in [0.2, 0.25) is 0 Å². The summed E-state index contributed by atoms with van der Waals surface area (Å²) in [6, 6.07) is 15.6. The van der Waals surface area contributed by atoms with Gasteiger partial charge in [-0.3, -0.25) is 4.79 Å². The highest BCUT2D eigenvalue weighted by atomic mass is 32.2. The largest absolute Gasteiger partial charge is 0.490 e. The number of hydrogen-bond donors (Lipinski definition) is 1. The highest BCUT2D eigenvalue weighted by molar-refractivity contribution is 8.26.